The van der Waals surface area contributed by atoms with E-state index in [0.29, 0.717) is 5.52 Å². The van der Waals surface area contributed by atoms with Crippen LogP contribution in [0.1, 0.15) is 40.7 Å². The van der Waals surface area contributed by atoms with Crippen LogP contribution in [0.5, 0.6) is 5.88 Å². The number of aromatic carboxylic acids is 1. The van der Waals surface area contributed by atoms with Crippen LogP contribution in [0.2, 0.25) is 5.02 Å². The first-order valence-electron chi connectivity index (χ1n) is 13.9. The number of rotatable bonds is 10. The summed E-state index contributed by atoms with van der Waals surface area (Å²) in [4.78, 5) is 29.4. The molecule has 1 fully saturated rings. The van der Waals surface area contributed by atoms with Gasteiger partial charge in [-0.3, -0.25) is 9.48 Å². The first-order chi connectivity index (χ1) is 21.6. The summed E-state index contributed by atoms with van der Waals surface area (Å²) in [6, 6.07) is 16.9. The molecule has 2 heterocycles. The zero-order valence-electron chi connectivity index (χ0n) is 23.6. The molecule has 0 amide bonds. The third-order valence-electron chi connectivity index (χ3n) is 8.02. The fourth-order valence-corrected chi connectivity index (χ4v) is 5.48. The van der Waals surface area contributed by atoms with Gasteiger partial charge in [-0.2, -0.15) is 5.26 Å². The van der Waals surface area contributed by atoms with Crippen molar-refractivity contribution >= 4 is 28.5 Å². The predicted molar refractivity (Wildman–Crippen MR) is 159 cm³/mol. The molecule has 0 radical (unpaired) electrons. The van der Waals surface area contributed by atoms with Gasteiger partial charge in [-0.05, 0) is 61.4 Å². The van der Waals surface area contributed by atoms with Crippen LogP contribution in [0.15, 0.2) is 71.5 Å². The minimum Gasteiger partial charge on any atom is -0.478 e. The minimum absolute atomic E-state index is 0.0304. The molecule has 0 bridgehead atoms. The Kier molecular flexibility index (Phi) is 7.85. The Morgan fingerprint density at radius 1 is 1.00 bits per heavy atom. The summed E-state index contributed by atoms with van der Waals surface area (Å²) in [5.41, 5.74) is -0.534. The van der Waals surface area contributed by atoms with E-state index in [9.17, 15) is 24.3 Å². The van der Waals surface area contributed by atoms with E-state index in [-0.39, 0.29) is 75.8 Å². The number of ether oxygens (including phenoxy) is 1. The number of hydrogen-bond donors (Lipinski definition) is 1. The molecule has 12 heteroatoms. The van der Waals surface area contributed by atoms with E-state index in [1.165, 1.54) is 47.1 Å². The topological polar surface area (TPSA) is 110 Å². The highest BCUT2D eigenvalue weighted by atomic mass is 35.5. The molecule has 0 unspecified atom stereocenters. The van der Waals surface area contributed by atoms with Crippen molar-refractivity contribution in [1.82, 2.24) is 14.3 Å². The van der Waals surface area contributed by atoms with Crippen LogP contribution in [0.25, 0.3) is 22.2 Å². The van der Waals surface area contributed by atoms with Crippen LogP contribution >= 0.6 is 11.6 Å². The van der Waals surface area contributed by atoms with Crippen molar-refractivity contribution in [3.05, 3.63) is 116 Å². The molecule has 0 saturated heterocycles. The number of halogens is 4. The Bertz CT molecular complexity index is 2080. The lowest BCUT2D eigenvalue weighted by atomic mass is 10.0. The summed E-state index contributed by atoms with van der Waals surface area (Å²) in [5, 5.41) is 19.3. The molecule has 0 aliphatic heterocycles. The van der Waals surface area contributed by atoms with Gasteiger partial charge in [0.2, 0.25) is 5.88 Å². The fraction of sp³-hybridized carbons (Fsp3) is 0.212. The van der Waals surface area contributed by atoms with Crippen molar-refractivity contribution in [2.75, 3.05) is 0 Å². The number of hydrogen-bond acceptors (Lipinski definition) is 5. The maximum absolute atomic E-state index is 15.6. The van der Waals surface area contributed by atoms with Crippen molar-refractivity contribution < 1.29 is 27.8 Å². The Balaban J connectivity index is 1.32. The highest BCUT2D eigenvalue weighted by Gasteiger charge is 2.43. The highest BCUT2D eigenvalue weighted by molar-refractivity contribution is 6.30. The lowest BCUT2D eigenvalue weighted by molar-refractivity contribution is 0.0697. The molecular formula is C33H24ClF3N4O4. The van der Waals surface area contributed by atoms with Crippen LogP contribution < -0.4 is 10.3 Å². The molecule has 2 aromatic heterocycles. The second-order valence-corrected chi connectivity index (χ2v) is 11.5. The number of nitriles is 1. The van der Waals surface area contributed by atoms with Crippen molar-refractivity contribution in [1.29, 1.82) is 5.26 Å². The van der Waals surface area contributed by atoms with E-state index in [1.807, 2.05) is 0 Å². The van der Waals surface area contributed by atoms with Gasteiger partial charge in [-0.25, -0.2) is 27.6 Å². The third kappa shape index (κ3) is 6.01. The van der Waals surface area contributed by atoms with Gasteiger partial charge >= 0.3 is 5.97 Å². The SMILES string of the molecule is N#CCC1(Cn2c3cc(C(=O)O)ccc3c(=O)n2Cc2cc(F)c(-c3cccc(OCc4ccc(Cl)cc4F)n3)cc2F)CC1. The molecule has 5 aromatic rings. The molecule has 1 N–H and O–H groups in total. The molecule has 45 heavy (non-hydrogen) atoms. The van der Waals surface area contributed by atoms with E-state index < -0.39 is 29.0 Å². The standard InChI is InChI=1S/C33H24ClF3N4O4/c34-22-6-4-20(25(35)14-22)17-45-30-3-1-2-28(39-30)24-15-26(36)21(12-27(24)37)16-40-31(42)23-7-5-19(32(43)44)13-29(23)41(40)18-33(8-9-33)10-11-38/h1-7,12-15H,8-10,16-18H2,(H,43,44). The average molecular weight is 633 g/mol. The number of benzene rings is 3. The highest BCUT2D eigenvalue weighted by Crippen LogP contribution is 2.50. The summed E-state index contributed by atoms with van der Waals surface area (Å²) < 4.78 is 53.6. The molecule has 0 atom stereocenters. The molecule has 1 aliphatic carbocycles. The second kappa shape index (κ2) is 11.8. The third-order valence-corrected chi connectivity index (χ3v) is 8.26. The monoisotopic (exact) mass is 632 g/mol. The van der Waals surface area contributed by atoms with Gasteiger partial charge in [0.15, 0.2) is 0 Å². The van der Waals surface area contributed by atoms with E-state index in [0.717, 1.165) is 31.0 Å². The Morgan fingerprint density at radius 3 is 2.49 bits per heavy atom. The van der Waals surface area contributed by atoms with E-state index in [4.69, 9.17) is 16.3 Å². The van der Waals surface area contributed by atoms with Crippen LogP contribution in [0, 0.1) is 34.2 Å². The molecule has 1 aliphatic rings. The molecule has 8 nitrogen and oxygen atoms in total. The number of fused-ring (bicyclic) bond motifs is 1. The maximum Gasteiger partial charge on any atom is 0.335 e. The number of carbonyl (C=O) groups is 1. The smallest absolute Gasteiger partial charge is 0.335 e. The number of nitrogens with zero attached hydrogens (tertiary/aromatic N) is 4. The van der Waals surface area contributed by atoms with Gasteiger partial charge in [0.1, 0.15) is 24.1 Å². The molecular weight excluding hydrogens is 609 g/mol. The number of carboxylic acids is 1. The summed E-state index contributed by atoms with van der Waals surface area (Å²) in [7, 11) is 0. The normalized spacial score (nSPS) is 13.5. The first-order valence-corrected chi connectivity index (χ1v) is 14.3. The minimum atomic E-state index is -1.18. The van der Waals surface area contributed by atoms with Crippen LogP contribution in [-0.4, -0.2) is 25.4 Å². The molecule has 1 saturated carbocycles. The molecule has 228 valence electrons. The van der Waals surface area contributed by atoms with Gasteiger partial charge in [0, 0.05) is 46.2 Å². The summed E-state index contributed by atoms with van der Waals surface area (Å²) in [6.07, 6.45) is 1.73. The van der Waals surface area contributed by atoms with Crippen LogP contribution in [-0.2, 0) is 19.7 Å². The van der Waals surface area contributed by atoms with Gasteiger partial charge in [0.25, 0.3) is 5.56 Å². The predicted octanol–water partition coefficient (Wildman–Crippen LogP) is 6.96. The van der Waals surface area contributed by atoms with Crippen molar-refractivity contribution in [2.24, 2.45) is 5.41 Å². The molecule has 0 spiro atoms. The lowest BCUT2D eigenvalue weighted by Gasteiger charge is -2.18. The Morgan fingerprint density at radius 2 is 1.78 bits per heavy atom. The lowest BCUT2D eigenvalue weighted by Crippen LogP contribution is -2.27. The van der Waals surface area contributed by atoms with Gasteiger partial charge in [-0.15, -0.1) is 0 Å². The first kappa shape index (κ1) is 30.0. The van der Waals surface area contributed by atoms with Gasteiger partial charge in [0.05, 0.1) is 34.8 Å². The fourth-order valence-electron chi connectivity index (χ4n) is 5.32. The zero-order valence-corrected chi connectivity index (χ0v) is 24.3. The molecule has 6 rings (SSSR count). The summed E-state index contributed by atoms with van der Waals surface area (Å²) in [5.74, 6) is -3.26. The number of carboxylic acid groups (broad SMARTS) is 1. The van der Waals surface area contributed by atoms with Crippen molar-refractivity contribution in [3.8, 4) is 23.2 Å². The van der Waals surface area contributed by atoms with E-state index >= 15 is 8.78 Å². The average Bonchev–Trinajstić information content (AvgIpc) is 3.73. The van der Waals surface area contributed by atoms with Crippen molar-refractivity contribution in [3.63, 3.8) is 0 Å². The van der Waals surface area contributed by atoms with E-state index in [2.05, 4.69) is 11.1 Å². The quantitative estimate of drug-likeness (QED) is 0.178. The van der Waals surface area contributed by atoms with Gasteiger partial charge < -0.3 is 9.84 Å². The molecule has 3 aromatic carbocycles. The Hall–Kier alpha value is -5.08. The number of aromatic nitrogens is 3. The second-order valence-electron chi connectivity index (χ2n) is 11.1. The van der Waals surface area contributed by atoms with Crippen LogP contribution in [0.4, 0.5) is 13.2 Å². The maximum atomic E-state index is 15.6. The summed E-state index contributed by atoms with van der Waals surface area (Å²) >= 11 is 5.79. The zero-order chi connectivity index (χ0) is 31.9. The summed E-state index contributed by atoms with van der Waals surface area (Å²) in [6.45, 7) is -0.270. The van der Waals surface area contributed by atoms with E-state index in [1.54, 1.807) is 10.7 Å². The van der Waals surface area contributed by atoms with Gasteiger partial charge in [-0.1, -0.05) is 23.7 Å². The van der Waals surface area contributed by atoms with Crippen molar-refractivity contribution in [2.45, 2.75) is 39.0 Å². The Labute approximate surface area is 259 Å². The largest absolute Gasteiger partial charge is 0.478 e. The van der Waals surface area contributed by atoms with Crippen LogP contribution in [0.3, 0.4) is 0 Å². The number of pyridine rings is 1.